The largest absolute Gasteiger partial charge is 0.308 e. The van der Waals surface area contributed by atoms with Crippen molar-refractivity contribution in [3.8, 4) is 0 Å². The van der Waals surface area contributed by atoms with E-state index in [0.717, 1.165) is 25.9 Å². The number of aromatic nitrogens is 2. The Morgan fingerprint density at radius 1 is 1.16 bits per heavy atom. The first-order valence-corrected chi connectivity index (χ1v) is 7.14. The summed E-state index contributed by atoms with van der Waals surface area (Å²) >= 11 is 0. The second-order valence-corrected chi connectivity index (χ2v) is 4.77. The summed E-state index contributed by atoms with van der Waals surface area (Å²) in [5.74, 6) is 0. The predicted molar refractivity (Wildman–Crippen MR) is 79.1 cm³/mol. The molecule has 0 amide bonds. The minimum atomic E-state index is 0.338. The van der Waals surface area contributed by atoms with Crippen LogP contribution in [0.25, 0.3) is 0 Å². The standard InChI is InChI=1S/C16H23N3/c1-3-11-17-15(13-14-8-6-5-7-9-14)16-10-12-18-19(16)4-2/h5-10,12,15,17H,3-4,11,13H2,1-2H3. The van der Waals surface area contributed by atoms with Crippen LogP contribution in [-0.2, 0) is 13.0 Å². The first-order chi connectivity index (χ1) is 9.35. The van der Waals surface area contributed by atoms with Crippen molar-refractivity contribution in [2.45, 2.75) is 39.3 Å². The van der Waals surface area contributed by atoms with Gasteiger partial charge in [0.25, 0.3) is 0 Å². The Bertz CT molecular complexity index is 476. The zero-order valence-corrected chi connectivity index (χ0v) is 11.8. The van der Waals surface area contributed by atoms with Gasteiger partial charge in [0.1, 0.15) is 0 Å². The Kier molecular flexibility index (Phi) is 5.16. The molecule has 0 bridgehead atoms. The van der Waals surface area contributed by atoms with Gasteiger partial charge in [0.05, 0.1) is 11.7 Å². The molecule has 0 spiro atoms. The van der Waals surface area contributed by atoms with Crippen molar-refractivity contribution in [2.75, 3.05) is 6.54 Å². The summed E-state index contributed by atoms with van der Waals surface area (Å²) in [6, 6.07) is 13.1. The van der Waals surface area contributed by atoms with Crippen LogP contribution in [0.2, 0.25) is 0 Å². The lowest BCUT2D eigenvalue weighted by molar-refractivity contribution is 0.479. The summed E-state index contributed by atoms with van der Waals surface area (Å²) in [4.78, 5) is 0. The summed E-state index contributed by atoms with van der Waals surface area (Å²) in [5, 5.41) is 8.02. The van der Waals surface area contributed by atoms with E-state index in [9.17, 15) is 0 Å². The number of hydrogen-bond acceptors (Lipinski definition) is 2. The Labute approximate surface area is 115 Å². The Morgan fingerprint density at radius 2 is 1.95 bits per heavy atom. The zero-order valence-electron chi connectivity index (χ0n) is 11.8. The molecule has 3 heteroatoms. The summed E-state index contributed by atoms with van der Waals surface area (Å²) in [5.41, 5.74) is 2.64. The second kappa shape index (κ2) is 7.10. The molecule has 0 aliphatic heterocycles. The van der Waals surface area contributed by atoms with Crippen LogP contribution in [-0.4, -0.2) is 16.3 Å². The molecule has 0 radical (unpaired) electrons. The van der Waals surface area contributed by atoms with Crippen molar-refractivity contribution in [3.05, 3.63) is 53.9 Å². The maximum Gasteiger partial charge on any atom is 0.0556 e. The van der Waals surface area contributed by atoms with Crippen LogP contribution in [0, 0.1) is 0 Å². The van der Waals surface area contributed by atoms with E-state index in [0.29, 0.717) is 6.04 Å². The molecule has 0 saturated heterocycles. The van der Waals surface area contributed by atoms with Crippen LogP contribution in [0.3, 0.4) is 0 Å². The SMILES string of the molecule is CCCNC(Cc1ccccc1)c1ccnn1CC. The van der Waals surface area contributed by atoms with Gasteiger partial charge in [-0.05, 0) is 37.9 Å². The van der Waals surface area contributed by atoms with Crippen molar-refractivity contribution in [3.63, 3.8) is 0 Å². The number of aryl methyl sites for hydroxylation is 1. The summed E-state index contributed by atoms with van der Waals surface area (Å²) in [7, 11) is 0. The number of nitrogens with zero attached hydrogens (tertiary/aromatic N) is 2. The molecule has 2 rings (SSSR count). The molecule has 0 fully saturated rings. The highest BCUT2D eigenvalue weighted by molar-refractivity contribution is 5.19. The highest BCUT2D eigenvalue weighted by Crippen LogP contribution is 2.18. The third-order valence-electron chi connectivity index (χ3n) is 3.33. The number of hydrogen-bond donors (Lipinski definition) is 1. The van der Waals surface area contributed by atoms with E-state index in [1.54, 1.807) is 0 Å². The average molecular weight is 257 g/mol. The molecular formula is C16H23N3. The van der Waals surface area contributed by atoms with Crippen LogP contribution in [0.4, 0.5) is 0 Å². The van der Waals surface area contributed by atoms with Crippen molar-refractivity contribution >= 4 is 0 Å². The van der Waals surface area contributed by atoms with E-state index in [2.05, 4.69) is 65.3 Å². The van der Waals surface area contributed by atoms with Crippen molar-refractivity contribution < 1.29 is 0 Å². The lowest BCUT2D eigenvalue weighted by Crippen LogP contribution is -2.26. The summed E-state index contributed by atoms with van der Waals surface area (Å²) in [6.45, 7) is 6.29. The van der Waals surface area contributed by atoms with Crippen molar-refractivity contribution in [2.24, 2.45) is 0 Å². The van der Waals surface area contributed by atoms with Gasteiger partial charge in [0, 0.05) is 12.7 Å². The highest BCUT2D eigenvalue weighted by Gasteiger charge is 2.15. The van der Waals surface area contributed by atoms with E-state index < -0.39 is 0 Å². The zero-order chi connectivity index (χ0) is 13.5. The summed E-state index contributed by atoms with van der Waals surface area (Å²) < 4.78 is 2.08. The number of rotatable bonds is 7. The van der Waals surface area contributed by atoms with E-state index >= 15 is 0 Å². The van der Waals surface area contributed by atoms with Gasteiger partial charge in [-0.1, -0.05) is 37.3 Å². The molecular weight excluding hydrogens is 234 g/mol. The Hall–Kier alpha value is -1.61. The first kappa shape index (κ1) is 13.8. The van der Waals surface area contributed by atoms with Crippen LogP contribution < -0.4 is 5.32 Å². The number of nitrogens with one attached hydrogen (secondary N) is 1. The Morgan fingerprint density at radius 3 is 2.63 bits per heavy atom. The molecule has 1 unspecified atom stereocenters. The van der Waals surface area contributed by atoms with Gasteiger partial charge in [0.2, 0.25) is 0 Å². The third kappa shape index (κ3) is 3.67. The molecule has 1 atom stereocenters. The molecule has 0 aliphatic rings. The molecule has 0 aliphatic carbocycles. The summed E-state index contributed by atoms with van der Waals surface area (Å²) in [6.07, 6.45) is 4.04. The van der Waals surface area contributed by atoms with Gasteiger partial charge in [-0.15, -0.1) is 0 Å². The topological polar surface area (TPSA) is 29.9 Å². The lowest BCUT2D eigenvalue weighted by Gasteiger charge is -2.19. The maximum atomic E-state index is 4.38. The van der Waals surface area contributed by atoms with Gasteiger partial charge in [-0.25, -0.2) is 0 Å². The fourth-order valence-electron chi connectivity index (χ4n) is 2.35. The van der Waals surface area contributed by atoms with Gasteiger partial charge in [-0.2, -0.15) is 5.10 Å². The fraction of sp³-hybridized carbons (Fsp3) is 0.438. The third-order valence-corrected chi connectivity index (χ3v) is 3.33. The monoisotopic (exact) mass is 257 g/mol. The van der Waals surface area contributed by atoms with Crippen molar-refractivity contribution in [1.82, 2.24) is 15.1 Å². The minimum Gasteiger partial charge on any atom is -0.308 e. The lowest BCUT2D eigenvalue weighted by atomic mass is 10.0. The average Bonchev–Trinajstić information content (AvgIpc) is 2.93. The molecule has 2 aromatic rings. The van der Waals surface area contributed by atoms with Crippen molar-refractivity contribution in [1.29, 1.82) is 0 Å². The smallest absolute Gasteiger partial charge is 0.0556 e. The molecule has 1 aromatic carbocycles. The van der Waals surface area contributed by atoms with Gasteiger partial charge < -0.3 is 5.32 Å². The molecule has 0 saturated carbocycles. The first-order valence-electron chi connectivity index (χ1n) is 7.14. The molecule has 3 nitrogen and oxygen atoms in total. The molecule has 19 heavy (non-hydrogen) atoms. The van der Waals surface area contributed by atoms with Crippen LogP contribution in [0.5, 0.6) is 0 Å². The molecule has 102 valence electrons. The molecule has 1 N–H and O–H groups in total. The van der Waals surface area contributed by atoms with Gasteiger partial charge >= 0.3 is 0 Å². The highest BCUT2D eigenvalue weighted by atomic mass is 15.3. The van der Waals surface area contributed by atoms with E-state index in [-0.39, 0.29) is 0 Å². The molecule has 1 heterocycles. The van der Waals surface area contributed by atoms with Crippen LogP contribution >= 0.6 is 0 Å². The quantitative estimate of drug-likeness (QED) is 0.825. The van der Waals surface area contributed by atoms with Crippen LogP contribution in [0.1, 0.15) is 37.6 Å². The van der Waals surface area contributed by atoms with Gasteiger partial charge in [-0.3, -0.25) is 4.68 Å². The predicted octanol–water partition coefficient (Wildman–Crippen LogP) is 3.19. The number of benzene rings is 1. The fourth-order valence-corrected chi connectivity index (χ4v) is 2.35. The molecule has 1 aromatic heterocycles. The van der Waals surface area contributed by atoms with E-state index in [4.69, 9.17) is 0 Å². The second-order valence-electron chi connectivity index (χ2n) is 4.77. The van der Waals surface area contributed by atoms with Gasteiger partial charge in [0.15, 0.2) is 0 Å². The Balaban J connectivity index is 2.16. The van der Waals surface area contributed by atoms with Crippen LogP contribution in [0.15, 0.2) is 42.6 Å². The van der Waals surface area contributed by atoms with E-state index in [1.807, 2.05) is 6.20 Å². The van der Waals surface area contributed by atoms with E-state index in [1.165, 1.54) is 11.3 Å². The normalized spacial score (nSPS) is 12.5. The minimum absolute atomic E-state index is 0.338. The maximum absolute atomic E-state index is 4.38.